The van der Waals surface area contributed by atoms with Gasteiger partial charge in [-0.25, -0.2) is 17.5 Å². The average Bonchev–Trinajstić information content (AvgIpc) is 3.16. The van der Waals surface area contributed by atoms with Gasteiger partial charge in [0.25, 0.3) is 0 Å². The highest BCUT2D eigenvalue weighted by Gasteiger charge is 2.26. The SMILES string of the molecule is O=S(=O)(NCC1CCN(c2ccc(F)cc2)C1)C1=Cc2ccccc2CC1. The van der Waals surface area contributed by atoms with Gasteiger partial charge in [0.15, 0.2) is 0 Å². The third-order valence-corrected chi connectivity index (χ3v) is 6.96. The molecule has 0 spiro atoms. The Balaban J connectivity index is 1.37. The van der Waals surface area contributed by atoms with Crippen LogP contribution < -0.4 is 9.62 Å². The number of nitrogens with zero attached hydrogens (tertiary/aromatic N) is 1. The van der Waals surface area contributed by atoms with Crippen LogP contribution >= 0.6 is 0 Å². The van der Waals surface area contributed by atoms with E-state index in [2.05, 4.69) is 9.62 Å². The van der Waals surface area contributed by atoms with Crippen LogP contribution in [0, 0.1) is 11.7 Å². The summed E-state index contributed by atoms with van der Waals surface area (Å²) in [5, 5.41) is 0. The molecule has 1 aliphatic heterocycles. The largest absolute Gasteiger partial charge is 0.371 e. The first-order valence-electron chi connectivity index (χ1n) is 9.30. The second-order valence-corrected chi connectivity index (χ2v) is 9.06. The minimum absolute atomic E-state index is 0.246. The molecule has 27 heavy (non-hydrogen) atoms. The zero-order valence-corrected chi connectivity index (χ0v) is 15.9. The summed E-state index contributed by atoms with van der Waals surface area (Å²) in [6.45, 7) is 2.06. The Morgan fingerprint density at radius 3 is 2.67 bits per heavy atom. The molecule has 142 valence electrons. The van der Waals surface area contributed by atoms with Gasteiger partial charge in [0.1, 0.15) is 5.82 Å². The van der Waals surface area contributed by atoms with E-state index in [9.17, 15) is 12.8 Å². The number of hydrogen-bond acceptors (Lipinski definition) is 3. The number of hydrogen-bond donors (Lipinski definition) is 1. The van der Waals surface area contributed by atoms with Crippen molar-refractivity contribution in [1.29, 1.82) is 0 Å². The monoisotopic (exact) mass is 386 g/mol. The number of nitrogens with one attached hydrogen (secondary N) is 1. The van der Waals surface area contributed by atoms with Crippen molar-refractivity contribution in [3.8, 4) is 0 Å². The predicted octanol–water partition coefficient (Wildman–Crippen LogP) is 3.56. The molecule has 2 aromatic carbocycles. The van der Waals surface area contributed by atoms with Crippen molar-refractivity contribution in [2.45, 2.75) is 19.3 Å². The standard InChI is InChI=1S/C21H23FN2O2S/c22-19-6-8-20(9-7-19)24-12-11-16(15-24)14-23-27(25,26)21-10-5-17-3-1-2-4-18(17)13-21/h1-4,6-9,13,16,23H,5,10-12,14-15H2. The van der Waals surface area contributed by atoms with Crippen LogP contribution in [0.1, 0.15) is 24.0 Å². The fraction of sp³-hybridized carbons (Fsp3) is 0.333. The minimum atomic E-state index is -3.46. The normalized spacial score (nSPS) is 19.7. The Morgan fingerprint density at radius 1 is 1.07 bits per heavy atom. The van der Waals surface area contributed by atoms with Crippen molar-refractivity contribution in [3.05, 3.63) is 70.4 Å². The third-order valence-electron chi connectivity index (χ3n) is 5.40. The van der Waals surface area contributed by atoms with Crippen LogP contribution in [0.4, 0.5) is 10.1 Å². The molecule has 1 unspecified atom stereocenters. The summed E-state index contributed by atoms with van der Waals surface area (Å²) in [6, 6.07) is 14.4. The molecule has 0 aromatic heterocycles. The topological polar surface area (TPSA) is 49.4 Å². The van der Waals surface area contributed by atoms with Crippen LogP contribution in [0.15, 0.2) is 53.4 Å². The molecular weight excluding hydrogens is 363 g/mol. The number of allylic oxidation sites excluding steroid dienone is 1. The Labute approximate surface area is 159 Å². The second kappa shape index (κ2) is 7.44. The molecule has 1 atom stereocenters. The van der Waals surface area contributed by atoms with Gasteiger partial charge in [0, 0.05) is 25.3 Å². The van der Waals surface area contributed by atoms with Gasteiger partial charge < -0.3 is 4.90 Å². The molecule has 1 fully saturated rings. The number of anilines is 1. The zero-order chi connectivity index (χ0) is 18.9. The molecule has 1 heterocycles. The Hall–Kier alpha value is -2.18. The summed E-state index contributed by atoms with van der Waals surface area (Å²) < 4.78 is 41.3. The van der Waals surface area contributed by atoms with Crippen molar-refractivity contribution in [2.75, 3.05) is 24.5 Å². The number of aryl methyl sites for hydroxylation is 1. The first-order valence-corrected chi connectivity index (χ1v) is 10.8. The Kier molecular flexibility index (Phi) is 5.02. The molecule has 1 saturated heterocycles. The van der Waals surface area contributed by atoms with E-state index < -0.39 is 10.0 Å². The van der Waals surface area contributed by atoms with Gasteiger partial charge in [-0.15, -0.1) is 0 Å². The molecule has 4 nitrogen and oxygen atoms in total. The van der Waals surface area contributed by atoms with Crippen molar-refractivity contribution < 1.29 is 12.8 Å². The van der Waals surface area contributed by atoms with Crippen molar-refractivity contribution in [1.82, 2.24) is 4.72 Å². The van der Waals surface area contributed by atoms with Gasteiger partial charge in [-0.1, -0.05) is 24.3 Å². The van der Waals surface area contributed by atoms with Crippen LogP contribution in [0.3, 0.4) is 0 Å². The Bertz CT molecular complexity index is 954. The van der Waals surface area contributed by atoms with E-state index in [0.717, 1.165) is 37.2 Å². The second-order valence-electron chi connectivity index (χ2n) is 7.24. The van der Waals surface area contributed by atoms with E-state index in [1.165, 1.54) is 17.7 Å². The van der Waals surface area contributed by atoms with Gasteiger partial charge in [-0.05, 0) is 66.6 Å². The maximum Gasteiger partial charge on any atom is 0.236 e. The lowest BCUT2D eigenvalue weighted by molar-refractivity contribution is 0.544. The van der Waals surface area contributed by atoms with Crippen molar-refractivity contribution in [2.24, 2.45) is 5.92 Å². The average molecular weight is 386 g/mol. The van der Waals surface area contributed by atoms with Gasteiger partial charge in [-0.2, -0.15) is 0 Å². The van der Waals surface area contributed by atoms with Crippen molar-refractivity contribution >= 4 is 21.8 Å². The molecule has 0 bridgehead atoms. The molecule has 1 N–H and O–H groups in total. The molecule has 0 radical (unpaired) electrons. The molecule has 6 heteroatoms. The molecule has 4 rings (SSSR count). The van der Waals surface area contributed by atoms with Crippen LogP contribution in [-0.2, 0) is 16.4 Å². The van der Waals surface area contributed by atoms with Crippen LogP contribution in [0.25, 0.3) is 6.08 Å². The van der Waals surface area contributed by atoms with Gasteiger partial charge in [0.2, 0.25) is 10.0 Å². The van der Waals surface area contributed by atoms with E-state index in [-0.39, 0.29) is 11.7 Å². The summed E-state index contributed by atoms with van der Waals surface area (Å²) in [5.74, 6) is 0.00546. The summed E-state index contributed by atoms with van der Waals surface area (Å²) in [7, 11) is -3.46. The molecule has 0 amide bonds. The fourth-order valence-corrected chi connectivity index (χ4v) is 5.12. The maximum absolute atomic E-state index is 13.1. The molecule has 0 saturated carbocycles. The number of rotatable bonds is 5. The highest BCUT2D eigenvalue weighted by atomic mass is 32.2. The quantitative estimate of drug-likeness (QED) is 0.855. The zero-order valence-electron chi connectivity index (χ0n) is 15.1. The van der Waals surface area contributed by atoms with E-state index in [1.807, 2.05) is 24.3 Å². The summed E-state index contributed by atoms with van der Waals surface area (Å²) in [4.78, 5) is 2.64. The predicted molar refractivity (Wildman–Crippen MR) is 106 cm³/mol. The van der Waals surface area contributed by atoms with E-state index in [1.54, 1.807) is 18.2 Å². The summed E-state index contributed by atoms with van der Waals surface area (Å²) >= 11 is 0. The van der Waals surface area contributed by atoms with Gasteiger partial charge in [-0.3, -0.25) is 0 Å². The maximum atomic E-state index is 13.1. The lowest BCUT2D eigenvalue weighted by Gasteiger charge is -2.20. The lowest BCUT2D eigenvalue weighted by atomic mass is 9.98. The highest BCUT2D eigenvalue weighted by molar-refractivity contribution is 7.93. The summed E-state index contributed by atoms with van der Waals surface area (Å²) in [6.07, 6.45) is 4.01. The third kappa shape index (κ3) is 4.06. The first-order chi connectivity index (χ1) is 13.0. The minimum Gasteiger partial charge on any atom is -0.371 e. The number of fused-ring (bicyclic) bond motifs is 1. The Morgan fingerprint density at radius 2 is 1.85 bits per heavy atom. The highest BCUT2D eigenvalue weighted by Crippen LogP contribution is 2.27. The van der Waals surface area contributed by atoms with Gasteiger partial charge in [0.05, 0.1) is 4.91 Å². The van der Waals surface area contributed by atoms with Gasteiger partial charge >= 0.3 is 0 Å². The van der Waals surface area contributed by atoms with Crippen LogP contribution in [-0.4, -0.2) is 28.1 Å². The molecule has 2 aliphatic rings. The van der Waals surface area contributed by atoms with E-state index >= 15 is 0 Å². The fourth-order valence-electron chi connectivity index (χ4n) is 3.82. The van der Waals surface area contributed by atoms with Crippen LogP contribution in [0.2, 0.25) is 0 Å². The van der Waals surface area contributed by atoms with Crippen molar-refractivity contribution in [3.63, 3.8) is 0 Å². The van der Waals surface area contributed by atoms with Crippen LogP contribution in [0.5, 0.6) is 0 Å². The first kappa shape index (κ1) is 18.2. The molecular formula is C21H23FN2O2S. The summed E-state index contributed by atoms with van der Waals surface area (Å²) in [5.41, 5.74) is 3.17. The smallest absolute Gasteiger partial charge is 0.236 e. The lowest BCUT2D eigenvalue weighted by Crippen LogP contribution is -2.32. The number of benzene rings is 2. The number of halogens is 1. The van der Waals surface area contributed by atoms with E-state index in [0.29, 0.717) is 17.9 Å². The number of sulfonamides is 1. The molecule has 1 aliphatic carbocycles. The van der Waals surface area contributed by atoms with E-state index in [4.69, 9.17) is 0 Å². The molecule has 2 aromatic rings.